The molecule has 0 spiro atoms. The molecule has 2 N–H and O–H groups in total. The minimum absolute atomic E-state index is 0.156. The van der Waals surface area contributed by atoms with Gasteiger partial charge in [0.2, 0.25) is 10.0 Å². The molecule has 0 bridgehead atoms. The fourth-order valence-electron chi connectivity index (χ4n) is 3.11. The SMILES string of the molecule is CCCC1CCCCN1S(=O)(=O)c1ccc(CN)c(C)c1. The molecule has 1 unspecified atom stereocenters. The van der Waals surface area contributed by atoms with Gasteiger partial charge in [0, 0.05) is 19.1 Å². The van der Waals surface area contributed by atoms with E-state index in [-0.39, 0.29) is 6.04 Å². The van der Waals surface area contributed by atoms with E-state index in [0.717, 1.165) is 43.2 Å². The highest BCUT2D eigenvalue weighted by atomic mass is 32.2. The van der Waals surface area contributed by atoms with E-state index < -0.39 is 10.0 Å². The molecule has 1 saturated heterocycles. The van der Waals surface area contributed by atoms with Gasteiger partial charge in [-0.25, -0.2) is 8.42 Å². The van der Waals surface area contributed by atoms with Crippen LogP contribution in [0, 0.1) is 6.92 Å². The van der Waals surface area contributed by atoms with E-state index in [9.17, 15) is 8.42 Å². The summed E-state index contributed by atoms with van der Waals surface area (Å²) in [5.74, 6) is 0. The summed E-state index contributed by atoms with van der Waals surface area (Å²) in [6.07, 6.45) is 5.02. The third-order valence-corrected chi connectivity index (χ3v) is 6.28. The van der Waals surface area contributed by atoms with Crippen molar-refractivity contribution in [3.05, 3.63) is 29.3 Å². The normalized spacial score (nSPS) is 20.6. The monoisotopic (exact) mass is 310 g/mol. The van der Waals surface area contributed by atoms with Crippen molar-refractivity contribution in [3.63, 3.8) is 0 Å². The van der Waals surface area contributed by atoms with E-state index in [2.05, 4.69) is 6.92 Å². The lowest BCUT2D eigenvalue weighted by atomic mass is 10.0. The average Bonchev–Trinajstić information content (AvgIpc) is 2.48. The van der Waals surface area contributed by atoms with Crippen molar-refractivity contribution in [2.45, 2.75) is 63.4 Å². The first kappa shape index (κ1) is 16.5. The Kier molecular flexibility index (Phi) is 5.41. The van der Waals surface area contributed by atoms with Crippen LogP contribution in [-0.2, 0) is 16.6 Å². The number of aryl methyl sites for hydroxylation is 1. The van der Waals surface area contributed by atoms with Crippen LogP contribution in [0.4, 0.5) is 0 Å². The Morgan fingerprint density at radius 3 is 2.71 bits per heavy atom. The number of nitrogens with two attached hydrogens (primary N) is 1. The zero-order valence-electron chi connectivity index (χ0n) is 13.0. The molecule has 1 fully saturated rings. The number of nitrogens with zero attached hydrogens (tertiary/aromatic N) is 1. The van der Waals surface area contributed by atoms with E-state index in [0.29, 0.717) is 18.0 Å². The molecular weight excluding hydrogens is 284 g/mol. The van der Waals surface area contributed by atoms with Crippen LogP contribution in [0.3, 0.4) is 0 Å². The summed E-state index contributed by atoms with van der Waals surface area (Å²) in [6, 6.07) is 5.45. The van der Waals surface area contributed by atoms with Gasteiger partial charge in [0.1, 0.15) is 0 Å². The minimum atomic E-state index is -3.39. The van der Waals surface area contributed by atoms with Crippen LogP contribution in [0.2, 0.25) is 0 Å². The topological polar surface area (TPSA) is 63.4 Å². The lowest BCUT2D eigenvalue weighted by Gasteiger charge is -2.34. The van der Waals surface area contributed by atoms with Gasteiger partial charge in [-0.1, -0.05) is 25.8 Å². The maximum atomic E-state index is 12.9. The van der Waals surface area contributed by atoms with Gasteiger partial charge in [-0.3, -0.25) is 0 Å². The molecule has 1 atom stereocenters. The second-order valence-corrected chi connectivity index (χ2v) is 7.74. The van der Waals surface area contributed by atoms with Gasteiger partial charge in [0.25, 0.3) is 0 Å². The van der Waals surface area contributed by atoms with Gasteiger partial charge in [0.05, 0.1) is 4.90 Å². The average molecular weight is 310 g/mol. The molecule has 0 saturated carbocycles. The number of piperidine rings is 1. The smallest absolute Gasteiger partial charge is 0.243 e. The summed E-state index contributed by atoms with van der Waals surface area (Å²) in [5.41, 5.74) is 7.60. The molecule has 21 heavy (non-hydrogen) atoms. The zero-order valence-corrected chi connectivity index (χ0v) is 13.8. The largest absolute Gasteiger partial charge is 0.326 e. The first-order valence-electron chi connectivity index (χ1n) is 7.82. The quantitative estimate of drug-likeness (QED) is 0.909. The van der Waals surface area contributed by atoms with Crippen LogP contribution < -0.4 is 5.73 Å². The van der Waals surface area contributed by atoms with Crippen LogP contribution in [-0.4, -0.2) is 25.3 Å². The van der Waals surface area contributed by atoms with Crippen LogP contribution >= 0.6 is 0 Å². The van der Waals surface area contributed by atoms with Gasteiger partial charge < -0.3 is 5.73 Å². The van der Waals surface area contributed by atoms with Crippen molar-refractivity contribution in [1.29, 1.82) is 0 Å². The Hall–Kier alpha value is -0.910. The minimum Gasteiger partial charge on any atom is -0.326 e. The summed E-state index contributed by atoms with van der Waals surface area (Å²) < 4.78 is 27.6. The third-order valence-electron chi connectivity index (χ3n) is 4.34. The molecule has 1 aliphatic rings. The molecule has 2 rings (SSSR count). The lowest BCUT2D eigenvalue weighted by Crippen LogP contribution is -2.43. The summed E-state index contributed by atoms with van der Waals surface area (Å²) in [7, 11) is -3.39. The van der Waals surface area contributed by atoms with E-state index in [4.69, 9.17) is 5.73 Å². The Morgan fingerprint density at radius 2 is 2.10 bits per heavy atom. The highest BCUT2D eigenvalue weighted by Crippen LogP contribution is 2.28. The van der Waals surface area contributed by atoms with Crippen molar-refractivity contribution in [3.8, 4) is 0 Å². The second-order valence-electron chi connectivity index (χ2n) is 5.85. The van der Waals surface area contributed by atoms with Crippen LogP contribution in [0.5, 0.6) is 0 Å². The van der Waals surface area contributed by atoms with E-state index >= 15 is 0 Å². The van der Waals surface area contributed by atoms with Crippen LogP contribution in [0.25, 0.3) is 0 Å². The lowest BCUT2D eigenvalue weighted by molar-refractivity contribution is 0.239. The Bertz CT molecular complexity index is 582. The molecule has 1 aromatic carbocycles. The zero-order chi connectivity index (χ0) is 15.5. The maximum Gasteiger partial charge on any atom is 0.243 e. The van der Waals surface area contributed by atoms with E-state index in [1.165, 1.54) is 0 Å². The molecular formula is C16H26N2O2S. The molecule has 1 aliphatic heterocycles. The number of hydrogen-bond donors (Lipinski definition) is 1. The standard InChI is InChI=1S/C16H26N2O2S/c1-3-6-15-7-4-5-10-18(15)21(19,20)16-9-8-14(12-17)13(2)11-16/h8-9,11,15H,3-7,10,12,17H2,1-2H3. The van der Waals surface area contributed by atoms with Gasteiger partial charge in [0.15, 0.2) is 0 Å². The summed E-state index contributed by atoms with van der Waals surface area (Å²) in [4.78, 5) is 0.403. The second kappa shape index (κ2) is 6.90. The molecule has 5 heteroatoms. The van der Waals surface area contributed by atoms with Crippen LogP contribution in [0.15, 0.2) is 23.1 Å². The molecule has 0 radical (unpaired) electrons. The fourth-order valence-corrected chi connectivity index (χ4v) is 4.91. The number of sulfonamides is 1. The molecule has 118 valence electrons. The van der Waals surface area contributed by atoms with Crippen molar-refractivity contribution in [2.24, 2.45) is 5.73 Å². The Balaban J connectivity index is 2.33. The van der Waals surface area contributed by atoms with Crippen molar-refractivity contribution < 1.29 is 8.42 Å². The maximum absolute atomic E-state index is 12.9. The first-order valence-corrected chi connectivity index (χ1v) is 9.26. The van der Waals surface area contributed by atoms with Gasteiger partial charge in [-0.15, -0.1) is 0 Å². The predicted octanol–water partition coefficient (Wildman–Crippen LogP) is 2.80. The number of hydrogen-bond acceptors (Lipinski definition) is 3. The van der Waals surface area contributed by atoms with Crippen molar-refractivity contribution in [1.82, 2.24) is 4.31 Å². The first-order chi connectivity index (χ1) is 10.0. The van der Waals surface area contributed by atoms with Gasteiger partial charge >= 0.3 is 0 Å². The highest BCUT2D eigenvalue weighted by Gasteiger charge is 2.32. The Morgan fingerprint density at radius 1 is 1.33 bits per heavy atom. The Labute approximate surface area is 128 Å². The number of benzene rings is 1. The summed E-state index contributed by atoms with van der Waals surface area (Å²) >= 11 is 0. The third kappa shape index (κ3) is 3.47. The molecule has 1 aromatic rings. The molecule has 1 heterocycles. The predicted molar refractivity (Wildman–Crippen MR) is 85.5 cm³/mol. The summed E-state index contributed by atoms with van der Waals surface area (Å²) in [5, 5.41) is 0. The molecule has 0 amide bonds. The fraction of sp³-hybridized carbons (Fsp3) is 0.625. The molecule has 0 aliphatic carbocycles. The van der Waals surface area contributed by atoms with Crippen LogP contribution in [0.1, 0.15) is 50.2 Å². The molecule has 0 aromatic heterocycles. The van der Waals surface area contributed by atoms with Crippen molar-refractivity contribution >= 4 is 10.0 Å². The number of rotatable bonds is 5. The van der Waals surface area contributed by atoms with Crippen molar-refractivity contribution in [2.75, 3.05) is 6.54 Å². The van der Waals surface area contributed by atoms with Gasteiger partial charge in [-0.2, -0.15) is 4.31 Å². The highest BCUT2D eigenvalue weighted by molar-refractivity contribution is 7.89. The van der Waals surface area contributed by atoms with Gasteiger partial charge in [-0.05, 0) is 49.4 Å². The molecule has 4 nitrogen and oxygen atoms in total. The van der Waals surface area contributed by atoms with E-state index in [1.54, 1.807) is 16.4 Å². The van der Waals surface area contributed by atoms with E-state index in [1.807, 2.05) is 13.0 Å². The summed E-state index contributed by atoms with van der Waals surface area (Å²) in [6.45, 7) is 5.11.